The lowest BCUT2D eigenvalue weighted by Gasteiger charge is -2.00. The standard InChI is InChI=1S/C9H12O4S/c10-9-5-3-8(4-6-9)2-1-7-14(11,12)13/h3-6,10H,1-2,7H2,(H,11,12,13). The summed E-state index contributed by atoms with van der Waals surface area (Å²) in [5.41, 5.74) is 0.937. The molecule has 0 heterocycles. The van der Waals surface area contributed by atoms with Gasteiger partial charge in [-0.05, 0) is 30.5 Å². The van der Waals surface area contributed by atoms with Gasteiger partial charge < -0.3 is 5.11 Å². The van der Waals surface area contributed by atoms with E-state index in [2.05, 4.69) is 0 Å². The minimum atomic E-state index is -3.85. The van der Waals surface area contributed by atoms with Crippen LogP contribution in [0.1, 0.15) is 12.0 Å². The predicted molar refractivity (Wildman–Crippen MR) is 52.8 cm³/mol. The zero-order valence-electron chi connectivity index (χ0n) is 7.55. The number of phenolic OH excluding ortho intramolecular Hbond substituents is 1. The fourth-order valence-corrected chi connectivity index (χ4v) is 1.63. The van der Waals surface area contributed by atoms with Crippen molar-refractivity contribution < 1.29 is 18.1 Å². The minimum Gasteiger partial charge on any atom is -0.508 e. The van der Waals surface area contributed by atoms with Gasteiger partial charge in [-0.25, -0.2) is 0 Å². The van der Waals surface area contributed by atoms with Crippen LogP contribution in [-0.2, 0) is 16.5 Å². The van der Waals surface area contributed by atoms with E-state index in [-0.39, 0.29) is 11.5 Å². The summed E-state index contributed by atoms with van der Waals surface area (Å²) in [5.74, 6) is -0.0445. The molecule has 4 nitrogen and oxygen atoms in total. The van der Waals surface area contributed by atoms with Crippen LogP contribution in [0.4, 0.5) is 0 Å². The fraction of sp³-hybridized carbons (Fsp3) is 0.333. The van der Waals surface area contributed by atoms with Crippen molar-refractivity contribution in [2.45, 2.75) is 12.8 Å². The van der Waals surface area contributed by atoms with Gasteiger partial charge in [0.25, 0.3) is 10.1 Å². The SMILES string of the molecule is O=S(=O)(O)CCCc1ccc(O)cc1. The number of aryl methyl sites for hydroxylation is 1. The number of hydrogen-bond donors (Lipinski definition) is 2. The summed E-state index contributed by atoms with van der Waals surface area (Å²) in [6.45, 7) is 0. The van der Waals surface area contributed by atoms with Crippen molar-refractivity contribution in [1.82, 2.24) is 0 Å². The largest absolute Gasteiger partial charge is 0.508 e. The molecule has 0 unspecified atom stereocenters. The van der Waals surface area contributed by atoms with Gasteiger partial charge in [0.1, 0.15) is 5.75 Å². The first-order chi connectivity index (χ1) is 6.47. The molecule has 0 aliphatic rings. The molecule has 0 bridgehead atoms. The number of rotatable bonds is 4. The zero-order valence-corrected chi connectivity index (χ0v) is 8.37. The predicted octanol–water partition coefficient (Wildman–Crippen LogP) is 1.21. The van der Waals surface area contributed by atoms with Crippen molar-refractivity contribution in [2.24, 2.45) is 0 Å². The molecule has 1 rings (SSSR count). The van der Waals surface area contributed by atoms with Crippen molar-refractivity contribution in [3.8, 4) is 5.75 Å². The summed E-state index contributed by atoms with van der Waals surface area (Å²) in [6, 6.07) is 6.53. The molecule has 0 aromatic heterocycles. The fourth-order valence-electron chi connectivity index (χ4n) is 1.12. The molecule has 1 aromatic carbocycles. The van der Waals surface area contributed by atoms with E-state index < -0.39 is 10.1 Å². The Bertz CT molecular complexity index is 380. The van der Waals surface area contributed by atoms with Gasteiger partial charge in [-0.1, -0.05) is 12.1 Å². The molecule has 5 heteroatoms. The van der Waals surface area contributed by atoms with Crippen LogP contribution in [0, 0.1) is 0 Å². The van der Waals surface area contributed by atoms with Crippen LogP contribution in [0.3, 0.4) is 0 Å². The van der Waals surface area contributed by atoms with E-state index in [9.17, 15) is 8.42 Å². The molecule has 0 atom stereocenters. The summed E-state index contributed by atoms with van der Waals surface area (Å²) >= 11 is 0. The summed E-state index contributed by atoms with van der Waals surface area (Å²) in [4.78, 5) is 0. The second-order valence-corrected chi connectivity index (χ2v) is 4.63. The maximum Gasteiger partial charge on any atom is 0.264 e. The molecule has 0 radical (unpaired) electrons. The average molecular weight is 216 g/mol. The van der Waals surface area contributed by atoms with Crippen molar-refractivity contribution in [3.05, 3.63) is 29.8 Å². The van der Waals surface area contributed by atoms with Crippen LogP contribution in [0.2, 0.25) is 0 Å². The molecule has 0 fully saturated rings. The Morgan fingerprint density at radius 1 is 1.14 bits per heavy atom. The molecule has 0 aliphatic carbocycles. The number of benzene rings is 1. The quantitative estimate of drug-likeness (QED) is 0.742. The van der Waals surface area contributed by atoms with Crippen LogP contribution in [0.5, 0.6) is 5.75 Å². The normalized spacial score (nSPS) is 11.5. The van der Waals surface area contributed by atoms with E-state index >= 15 is 0 Å². The maximum absolute atomic E-state index is 10.4. The molecule has 0 saturated heterocycles. The Labute approximate surface area is 82.9 Å². The van der Waals surface area contributed by atoms with Gasteiger partial charge in [0.05, 0.1) is 5.75 Å². The summed E-state index contributed by atoms with van der Waals surface area (Å²) in [6.07, 6.45) is 0.948. The van der Waals surface area contributed by atoms with Gasteiger partial charge in [0.2, 0.25) is 0 Å². The first-order valence-corrected chi connectivity index (χ1v) is 5.81. The van der Waals surface area contributed by atoms with E-state index in [1.54, 1.807) is 24.3 Å². The number of aromatic hydroxyl groups is 1. The minimum absolute atomic E-state index is 0.184. The highest BCUT2D eigenvalue weighted by Crippen LogP contribution is 2.11. The highest BCUT2D eigenvalue weighted by Gasteiger charge is 2.03. The Morgan fingerprint density at radius 2 is 1.71 bits per heavy atom. The molecule has 1 aromatic rings. The third-order valence-electron chi connectivity index (χ3n) is 1.80. The molecule has 2 N–H and O–H groups in total. The molecule has 0 spiro atoms. The lowest BCUT2D eigenvalue weighted by Crippen LogP contribution is -2.04. The highest BCUT2D eigenvalue weighted by molar-refractivity contribution is 7.85. The van der Waals surface area contributed by atoms with Crippen molar-refractivity contribution in [3.63, 3.8) is 0 Å². The van der Waals surface area contributed by atoms with Gasteiger partial charge in [-0.15, -0.1) is 0 Å². The number of phenols is 1. The third-order valence-corrected chi connectivity index (χ3v) is 2.61. The Kier molecular flexibility index (Phi) is 3.49. The van der Waals surface area contributed by atoms with Crippen molar-refractivity contribution in [2.75, 3.05) is 5.75 Å². The van der Waals surface area contributed by atoms with Gasteiger partial charge in [-0.2, -0.15) is 8.42 Å². The van der Waals surface area contributed by atoms with Crippen molar-refractivity contribution in [1.29, 1.82) is 0 Å². The van der Waals surface area contributed by atoms with Gasteiger partial charge in [0.15, 0.2) is 0 Å². The monoisotopic (exact) mass is 216 g/mol. The van der Waals surface area contributed by atoms with E-state index in [0.717, 1.165) is 5.56 Å². The second-order valence-electron chi connectivity index (χ2n) is 3.06. The Hall–Kier alpha value is -1.07. The second kappa shape index (κ2) is 4.43. The van der Waals surface area contributed by atoms with Crippen molar-refractivity contribution >= 4 is 10.1 Å². The molecule has 78 valence electrons. The molecular weight excluding hydrogens is 204 g/mol. The number of hydrogen-bond acceptors (Lipinski definition) is 3. The smallest absolute Gasteiger partial charge is 0.264 e. The average Bonchev–Trinajstić information content (AvgIpc) is 2.06. The van der Waals surface area contributed by atoms with Crippen LogP contribution in [0.25, 0.3) is 0 Å². The van der Waals surface area contributed by atoms with Crippen LogP contribution >= 0.6 is 0 Å². The summed E-state index contributed by atoms with van der Waals surface area (Å²) in [5, 5.41) is 8.98. The first kappa shape index (κ1) is 11.0. The summed E-state index contributed by atoms with van der Waals surface area (Å²) < 4.78 is 29.3. The topological polar surface area (TPSA) is 74.6 Å². The van der Waals surface area contributed by atoms with E-state index in [1.165, 1.54) is 0 Å². The van der Waals surface area contributed by atoms with Gasteiger partial charge in [0, 0.05) is 0 Å². The lowest BCUT2D eigenvalue weighted by molar-refractivity contribution is 0.474. The van der Waals surface area contributed by atoms with Crippen LogP contribution < -0.4 is 0 Å². The van der Waals surface area contributed by atoms with Gasteiger partial charge >= 0.3 is 0 Å². The lowest BCUT2D eigenvalue weighted by atomic mass is 10.1. The van der Waals surface area contributed by atoms with Gasteiger partial charge in [-0.3, -0.25) is 4.55 Å². The molecule has 0 aliphatic heterocycles. The maximum atomic E-state index is 10.4. The molecule has 0 amide bonds. The summed E-state index contributed by atoms with van der Waals surface area (Å²) in [7, 11) is -3.85. The van der Waals surface area contributed by atoms with Crippen LogP contribution in [-0.4, -0.2) is 23.8 Å². The molecule has 0 saturated carbocycles. The zero-order chi connectivity index (χ0) is 10.6. The molecule has 14 heavy (non-hydrogen) atoms. The van der Waals surface area contributed by atoms with E-state index in [0.29, 0.717) is 12.8 Å². The third kappa shape index (κ3) is 4.25. The Balaban J connectivity index is 2.43. The van der Waals surface area contributed by atoms with E-state index in [4.69, 9.17) is 9.66 Å². The Morgan fingerprint density at radius 3 is 2.21 bits per heavy atom. The highest BCUT2D eigenvalue weighted by atomic mass is 32.2. The van der Waals surface area contributed by atoms with E-state index in [1.807, 2.05) is 0 Å². The molecular formula is C9H12O4S. The first-order valence-electron chi connectivity index (χ1n) is 4.20. The van der Waals surface area contributed by atoms with Crippen LogP contribution in [0.15, 0.2) is 24.3 Å².